The van der Waals surface area contributed by atoms with Crippen molar-refractivity contribution >= 4 is 23.7 Å². The van der Waals surface area contributed by atoms with Gasteiger partial charge in [-0.2, -0.15) is 0 Å². The summed E-state index contributed by atoms with van der Waals surface area (Å²) in [6.45, 7) is 0.574. The number of aliphatic carboxylic acids is 1. The number of carboxylic acid groups (broad SMARTS) is 1. The summed E-state index contributed by atoms with van der Waals surface area (Å²) in [5, 5.41) is 10.9. The lowest BCUT2D eigenvalue weighted by Crippen LogP contribution is -2.35. The molecule has 2 rings (SSSR count). The first-order valence-electron chi connectivity index (χ1n) is 10.4. The summed E-state index contributed by atoms with van der Waals surface area (Å²) in [4.78, 5) is 47.3. The largest absolute Gasteiger partial charge is 0.476 e. The Balaban J connectivity index is 1.63. The first-order chi connectivity index (χ1) is 14.0. The second kappa shape index (κ2) is 12.0. The average molecular weight is 402 g/mol. The van der Waals surface area contributed by atoms with Crippen molar-refractivity contribution in [2.24, 2.45) is 0 Å². The van der Waals surface area contributed by atoms with Gasteiger partial charge < -0.3 is 10.0 Å². The average Bonchev–Trinajstić information content (AvgIpc) is 2.97. The Morgan fingerprint density at radius 1 is 0.931 bits per heavy atom. The molecule has 0 aliphatic carbocycles. The van der Waals surface area contributed by atoms with Crippen molar-refractivity contribution in [2.45, 2.75) is 70.3 Å². The molecule has 29 heavy (non-hydrogen) atoms. The third-order valence-corrected chi connectivity index (χ3v) is 5.25. The van der Waals surface area contributed by atoms with Crippen LogP contribution in [-0.2, 0) is 20.8 Å². The number of aryl methyl sites for hydroxylation is 1. The maximum Gasteiger partial charge on any atom is 0.372 e. The monoisotopic (exact) mass is 402 g/mol. The van der Waals surface area contributed by atoms with E-state index in [9.17, 15) is 19.2 Å². The van der Waals surface area contributed by atoms with Gasteiger partial charge in [0.15, 0.2) is 0 Å². The Kier molecular flexibility index (Phi) is 9.34. The minimum Gasteiger partial charge on any atom is -0.476 e. The molecule has 1 saturated heterocycles. The first-order valence-corrected chi connectivity index (χ1v) is 10.4. The number of nitrogens with one attached hydrogen (secondary N) is 1. The number of unbranched alkanes of at least 4 members (excludes halogenated alkanes) is 5. The number of Topliss-reactive ketones (excluding diaryl/α,β-unsaturated/α-hetero) is 1. The van der Waals surface area contributed by atoms with E-state index in [1.165, 1.54) is 5.56 Å². The quantitative estimate of drug-likeness (QED) is 0.282. The summed E-state index contributed by atoms with van der Waals surface area (Å²) in [5.74, 6) is -2.38. The Hall–Kier alpha value is -2.70. The van der Waals surface area contributed by atoms with E-state index in [1.54, 1.807) is 4.90 Å². The molecular formula is C22H30N2O5. The summed E-state index contributed by atoms with van der Waals surface area (Å²) in [7, 11) is 0. The molecule has 0 saturated carbocycles. The fourth-order valence-electron chi connectivity index (χ4n) is 3.60. The molecule has 158 valence electrons. The van der Waals surface area contributed by atoms with Crippen LogP contribution in [0, 0.1) is 0 Å². The molecule has 1 aromatic rings. The van der Waals surface area contributed by atoms with Crippen molar-refractivity contribution in [3.63, 3.8) is 0 Å². The van der Waals surface area contributed by atoms with Gasteiger partial charge in [0.2, 0.25) is 5.78 Å². The van der Waals surface area contributed by atoms with Crippen LogP contribution in [0.15, 0.2) is 30.3 Å². The molecule has 2 N–H and O–H groups in total. The number of ketones is 1. The topological polar surface area (TPSA) is 104 Å². The number of hydrogen-bond acceptors (Lipinski definition) is 4. The molecule has 0 aromatic heterocycles. The van der Waals surface area contributed by atoms with Crippen LogP contribution in [0.25, 0.3) is 0 Å². The number of amides is 3. The lowest BCUT2D eigenvalue weighted by molar-refractivity contribution is -0.149. The van der Waals surface area contributed by atoms with Gasteiger partial charge in [0.25, 0.3) is 5.91 Å². The molecule has 1 atom stereocenters. The number of benzene rings is 1. The second-order valence-corrected chi connectivity index (χ2v) is 7.48. The van der Waals surface area contributed by atoms with Crippen molar-refractivity contribution in [3.05, 3.63) is 35.9 Å². The van der Waals surface area contributed by atoms with E-state index in [-0.39, 0.29) is 18.4 Å². The van der Waals surface area contributed by atoms with Crippen LogP contribution in [0.1, 0.15) is 63.4 Å². The molecule has 1 heterocycles. The highest BCUT2D eigenvalue weighted by Crippen LogP contribution is 2.18. The highest BCUT2D eigenvalue weighted by molar-refractivity contribution is 6.32. The van der Waals surface area contributed by atoms with Gasteiger partial charge in [0.05, 0.1) is 0 Å². The Morgan fingerprint density at radius 2 is 1.62 bits per heavy atom. The van der Waals surface area contributed by atoms with Crippen LogP contribution in [-0.4, -0.2) is 46.3 Å². The molecule has 0 bridgehead atoms. The van der Waals surface area contributed by atoms with E-state index in [2.05, 4.69) is 17.4 Å². The zero-order valence-electron chi connectivity index (χ0n) is 16.8. The van der Waals surface area contributed by atoms with Crippen LogP contribution in [0.4, 0.5) is 4.79 Å². The van der Waals surface area contributed by atoms with Gasteiger partial charge in [-0.1, -0.05) is 56.0 Å². The number of urea groups is 1. The van der Waals surface area contributed by atoms with Gasteiger partial charge in [0, 0.05) is 13.0 Å². The number of imide groups is 1. The molecule has 1 aliphatic heterocycles. The standard InChI is InChI=1S/C22H30N2O5/c25-19(21(27)28)15-9-2-1-8-14-18-20(26)23-22(29)24(18)16-10-4-7-13-17-11-5-3-6-12-17/h3,5-6,11-12,18H,1-2,4,7-10,13-16H2,(H,27,28)(H,23,26,29). The van der Waals surface area contributed by atoms with Crippen LogP contribution in [0.2, 0.25) is 0 Å². The molecule has 7 nitrogen and oxygen atoms in total. The van der Waals surface area contributed by atoms with E-state index >= 15 is 0 Å². The van der Waals surface area contributed by atoms with Crippen LogP contribution in [0.5, 0.6) is 0 Å². The summed E-state index contributed by atoms with van der Waals surface area (Å²) in [6.07, 6.45) is 7.40. The van der Waals surface area contributed by atoms with Gasteiger partial charge in [-0.15, -0.1) is 0 Å². The zero-order valence-corrected chi connectivity index (χ0v) is 16.8. The predicted octanol–water partition coefficient (Wildman–Crippen LogP) is 3.31. The SMILES string of the molecule is O=C(O)C(=O)CCCCCCC1C(=O)NC(=O)N1CCCCCc1ccccc1. The molecule has 1 aromatic carbocycles. The predicted molar refractivity (Wildman–Crippen MR) is 108 cm³/mol. The molecule has 1 aliphatic rings. The number of nitrogens with zero attached hydrogens (tertiary/aromatic N) is 1. The normalized spacial score (nSPS) is 16.1. The third-order valence-electron chi connectivity index (χ3n) is 5.25. The number of rotatable bonds is 14. The van der Waals surface area contributed by atoms with Gasteiger partial charge >= 0.3 is 12.0 Å². The van der Waals surface area contributed by atoms with Crippen LogP contribution < -0.4 is 5.32 Å². The lowest BCUT2D eigenvalue weighted by Gasteiger charge is -2.21. The van der Waals surface area contributed by atoms with E-state index in [0.29, 0.717) is 19.4 Å². The highest BCUT2D eigenvalue weighted by atomic mass is 16.4. The minimum absolute atomic E-state index is 0.0485. The van der Waals surface area contributed by atoms with E-state index in [4.69, 9.17) is 5.11 Å². The van der Waals surface area contributed by atoms with E-state index < -0.39 is 17.8 Å². The minimum atomic E-state index is -1.38. The Morgan fingerprint density at radius 3 is 2.34 bits per heavy atom. The van der Waals surface area contributed by atoms with Crippen LogP contribution in [0.3, 0.4) is 0 Å². The number of carboxylic acids is 1. The molecule has 7 heteroatoms. The Labute approximate surface area is 171 Å². The molecule has 1 fully saturated rings. The van der Waals surface area contributed by atoms with Crippen molar-refractivity contribution in [3.8, 4) is 0 Å². The molecular weight excluding hydrogens is 372 g/mol. The van der Waals surface area contributed by atoms with Crippen molar-refractivity contribution in [1.29, 1.82) is 0 Å². The van der Waals surface area contributed by atoms with Crippen molar-refractivity contribution in [2.75, 3.05) is 6.54 Å². The molecule has 1 unspecified atom stereocenters. The fourth-order valence-corrected chi connectivity index (χ4v) is 3.60. The number of carbonyl (C=O) groups excluding carboxylic acids is 3. The lowest BCUT2D eigenvalue weighted by atomic mass is 10.0. The molecule has 3 amide bonds. The summed E-state index contributed by atoms with van der Waals surface area (Å²) >= 11 is 0. The van der Waals surface area contributed by atoms with Crippen LogP contribution >= 0.6 is 0 Å². The maximum absolute atomic E-state index is 12.1. The van der Waals surface area contributed by atoms with Gasteiger partial charge in [-0.3, -0.25) is 14.9 Å². The summed E-state index contributed by atoms with van der Waals surface area (Å²) < 4.78 is 0. The molecule has 0 radical (unpaired) electrons. The first kappa shape index (κ1) is 22.6. The zero-order chi connectivity index (χ0) is 21.1. The van der Waals surface area contributed by atoms with Crippen molar-refractivity contribution in [1.82, 2.24) is 10.2 Å². The summed E-state index contributed by atoms with van der Waals surface area (Å²) in [5.41, 5.74) is 1.31. The number of hydrogen-bond donors (Lipinski definition) is 2. The fraction of sp³-hybridized carbons (Fsp3) is 0.545. The maximum atomic E-state index is 12.1. The molecule has 0 spiro atoms. The highest BCUT2D eigenvalue weighted by Gasteiger charge is 2.37. The smallest absolute Gasteiger partial charge is 0.372 e. The van der Waals surface area contributed by atoms with E-state index in [1.807, 2.05) is 18.2 Å². The van der Waals surface area contributed by atoms with Gasteiger partial charge in [0.1, 0.15) is 6.04 Å². The summed E-state index contributed by atoms with van der Waals surface area (Å²) in [6, 6.07) is 9.56. The number of carbonyl (C=O) groups is 4. The van der Waals surface area contributed by atoms with Gasteiger partial charge in [-0.25, -0.2) is 9.59 Å². The van der Waals surface area contributed by atoms with Crippen molar-refractivity contribution < 1.29 is 24.3 Å². The second-order valence-electron chi connectivity index (χ2n) is 7.48. The third kappa shape index (κ3) is 7.68. The Bertz CT molecular complexity index is 704. The van der Waals surface area contributed by atoms with E-state index in [0.717, 1.165) is 44.9 Å². The van der Waals surface area contributed by atoms with Gasteiger partial charge in [-0.05, 0) is 37.7 Å².